The van der Waals surface area contributed by atoms with Crippen LogP contribution < -0.4 is 5.56 Å². The van der Waals surface area contributed by atoms with Gasteiger partial charge >= 0.3 is 5.97 Å². The predicted octanol–water partition coefficient (Wildman–Crippen LogP) is 3.65. The van der Waals surface area contributed by atoms with Gasteiger partial charge in [0.25, 0.3) is 5.56 Å². The summed E-state index contributed by atoms with van der Waals surface area (Å²) in [5, 5.41) is 0.386. The Morgan fingerprint density at radius 1 is 1.06 bits per heavy atom. The van der Waals surface area contributed by atoms with Crippen molar-refractivity contribution >= 4 is 39.2 Å². The Bertz CT molecular complexity index is 1560. The van der Waals surface area contributed by atoms with Gasteiger partial charge in [0, 0.05) is 12.2 Å². The molecular weight excluding hydrogens is 406 g/mol. The van der Waals surface area contributed by atoms with Crippen molar-refractivity contribution in [3.63, 3.8) is 0 Å². The van der Waals surface area contributed by atoms with Crippen LogP contribution in [0.3, 0.4) is 0 Å². The Morgan fingerprint density at radius 3 is 2.47 bits per heavy atom. The van der Waals surface area contributed by atoms with Gasteiger partial charge in [0.1, 0.15) is 17.2 Å². The van der Waals surface area contributed by atoms with E-state index in [4.69, 9.17) is 14.7 Å². The van der Waals surface area contributed by atoms with Crippen molar-refractivity contribution in [2.45, 2.75) is 13.5 Å². The SMILES string of the molecule is C=CCn1cnc2c(c1=O)c1nc3ccccc3nc1n2-c1ccc(C(=O)OCC)cc1. The second-order valence-electron chi connectivity index (χ2n) is 7.18. The van der Waals surface area contributed by atoms with Crippen LogP contribution in [-0.4, -0.2) is 36.7 Å². The standard InChI is InChI=1S/C24H19N5O3/c1-3-13-28-14-25-21-19(23(28)30)20-22(27-18-8-6-5-7-17(18)26-20)29(21)16-11-9-15(10-12-16)24(31)32-4-2/h3,5-12,14H,1,4,13H2,2H3. The summed E-state index contributed by atoms with van der Waals surface area (Å²) in [5.74, 6) is -0.391. The zero-order chi connectivity index (χ0) is 22.2. The van der Waals surface area contributed by atoms with Gasteiger partial charge in [0.15, 0.2) is 11.3 Å². The number of nitrogens with zero attached hydrogens (tertiary/aromatic N) is 5. The third kappa shape index (κ3) is 3.04. The fraction of sp³-hybridized carbons (Fsp3) is 0.125. The molecule has 0 spiro atoms. The average molecular weight is 425 g/mol. The molecule has 0 fully saturated rings. The molecule has 8 heteroatoms. The van der Waals surface area contributed by atoms with Crippen LogP contribution in [0, 0.1) is 0 Å². The minimum atomic E-state index is -0.391. The molecule has 0 aliphatic rings. The molecule has 8 nitrogen and oxygen atoms in total. The van der Waals surface area contributed by atoms with E-state index in [0.717, 1.165) is 0 Å². The molecule has 2 aromatic carbocycles. The Labute approximate surface area is 182 Å². The molecule has 0 bridgehead atoms. The topological polar surface area (TPSA) is 91.9 Å². The van der Waals surface area contributed by atoms with E-state index in [1.807, 2.05) is 24.3 Å². The molecule has 0 aliphatic carbocycles. The van der Waals surface area contributed by atoms with Gasteiger partial charge in [0.05, 0.1) is 23.2 Å². The Balaban J connectivity index is 1.83. The van der Waals surface area contributed by atoms with E-state index in [-0.39, 0.29) is 5.56 Å². The maximum Gasteiger partial charge on any atom is 0.338 e. The van der Waals surface area contributed by atoms with Gasteiger partial charge < -0.3 is 4.74 Å². The zero-order valence-electron chi connectivity index (χ0n) is 17.4. The summed E-state index contributed by atoms with van der Waals surface area (Å²) in [6.45, 7) is 6.11. The van der Waals surface area contributed by atoms with Crippen molar-refractivity contribution in [1.29, 1.82) is 0 Å². The van der Waals surface area contributed by atoms with Crippen LogP contribution in [0.2, 0.25) is 0 Å². The molecule has 0 amide bonds. The van der Waals surface area contributed by atoms with Gasteiger partial charge in [-0.2, -0.15) is 0 Å². The normalized spacial score (nSPS) is 11.3. The van der Waals surface area contributed by atoms with Gasteiger partial charge in [-0.1, -0.05) is 18.2 Å². The minimum Gasteiger partial charge on any atom is -0.462 e. The number of fused-ring (bicyclic) bond motifs is 4. The summed E-state index contributed by atoms with van der Waals surface area (Å²) < 4.78 is 8.34. The summed E-state index contributed by atoms with van der Waals surface area (Å²) in [6, 6.07) is 14.4. The second-order valence-corrected chi connectivity index (χ2v) is 7.18. The Kier molecular flexibility index (Phi) is 4.74. The predicted molar refractivity (Wildman–Crippen MR) is 122 cm³/mol. The lowest BCUT2D eigenvalue weighted by Gasteiger charge is -2.08. The highest BCUT2D eigenvalue weighted by atomic mass is 16.5. The minimum absolute atomic E-state index is 0.216. The summed E-state index contributed by atoms with van der Waals surface area (Å²) in [7, 11) is 0. The number of carbonyl (C=O) groups is 1. The third-order valence-electron chi connectivity index (χ3n) is 5.19. The van der Waals surface area contributed by atoms with Crippen LogP contribution in [-0.2, 0) is 11.3 Å². The van der Waals surface area contributed by atoms with E-state index in [0.29, 0.717) is 57.6 Å². The zero-order valence-corrected chi connectivity index (χ0v) is 17.4. The first kappa shape index (κ1) is 19.6. The lowest BCUT2D eigenvalue weighted by Crippen LogP contribution is -2.20. The molecule has 5 rings (SSSR count). The lowest BCUT2D eigenvalue weighted by molar-refractivity contribution is 0.0526. The molecule has 0 aliphatic heterocycles. The van der Waals surface area contributed by atoms with E-state index in [9.17, 15) is 9.59 Å². The molecule has 32 heavy (non-hydrogen) atoms. The van der Waals surface area contributed by atoms with Crippen LogP contribution in [0.1, 0.15) is 17.3 Å². The first-order valence-electron chi connectivity index (χ1n) is 10.2. The molecule has 0 unspecified atom stereocenters. The molecule has 3 heterocycles. The summed E-state index contributed by atoms with van der Waals surface area (Å²) >= 11 is 0. The van der Waals surface area contributed by atoms with Crippen LogP contribution in [0.4, 0.5) is 0 Å². The Morgan fingerprint density at radius 2 is 1.78 bits per heavy atom. The molecule has 3 aromatic heterocycles. The number of para-hydroxylation sites is 2. The fourth-order valence-corrected chi connectivity index (χ4v) is 3.75. The number of rotatable bonds is 5. The number of benzene rings is 2. The smallest absolute Gasteiger partial charge is 0.338 e. The van der Waals surface area contributed by atoms with Crippen LogP contribution in [0.5, 0.6) is 0 Å². The molecule has 0 saturated heterocycles. The van der Waals surface area contributed by atoms with Gasteiger partial charge in [0.2, 0.25) is 0 Å². The highest BCUT2D eigenvalue weighted by Crippen LogP contribution is 2.28. The van der Waals surface area contributed by atoms with Crippen molar-refractivity contribution in [1.82, 2.24) is 24.1 Å². The van der Waals surface area contributed by atoms with Crippen LogP contribution >= 0.6 is 0 Å². The van der Waals surface area contributed by atoms with Gasteiger partial charge in [-0.05, 0) is 43.3 Å². The molecular formula is C24H19N5O3. The van der Waals surface area contributed by atoms with E-state index < -0.39 is 5.97 Å². The summed E-state index contributed by atoms with van der Waals surface area (Å²) in [5.41, 5.74) is 3.77. The van der Waals surface area contributed by atoms with Gasteiger partial charge in [-0.15, -0.1) is 6.58 Å². The van der Waals surface area contributed by atoms with Crippen LogP contribution in [0.25, 0.3) is 38.9 Å². The second kappa shape index (κ2) is 7.73. The van der Waals surface area contributed by atoms with Crippen molar-refractivity contribution in [3.05, 3.63) is 83.4 Å². The molecule has 5 aromatic rings. The molecule has 0 saturated carbocycles. The number of hydrogen-bond donors (Lipinski definition) is 0. The number of ether oxygens (including phenoxy) is 1. The highest BCUT2D eigenvalue weighted by molar-refractivity contribution is 6.05. The van der Waals surface area contributed by atoms with E-state index in [1.54, 1.807) is 41.8 Å². The first-order chi connectivity index (χ1) is 15.6. The van der Waals surface area contributed by atoms with Crippen molar-refractivity contribution in [2.24, 2.45) is 0 Å². The lowest BCUT2D eigenvalue weighted by atomic mass is 10.2. The monoisotopic (exact) mass is 425 g/mol. The first-order valence-corrected chi connectivity index (χ1v) is 10.2. The quantitative estimate of drug-likeness (QED) is 0.315. The van der Waals surface area contributed by atoms with Crippen molar-refractivity contribution in [2.75, 3.05) is 6.61 Å². The summed E-state index contributed by atoms with van der Waals surface area (Å²) in [4.78, 5) is 39.4. The van der Waals surface area contributed by atoms with Crippen molar-refractivity contribution in [3.8, 4) is 5.69 Å². The number of aromatic nitrogens is 5. The average Bonchev–Trinajstić information content (AvgIpc) is 3.13. The van der Waals surface area contributed by atoms with E-state index in [1.165, 1.54) is 10.9 Å². The third-order valence-corrected chi connectivity index (χ3v) is 5.19. The maximum atomic E-state index is 13.3. The number of esters is 1. The van der Waals surface area contributed by atoms with E-state index in [2.05, 4.69) is 11.6 Å². The molecule has 158 valence electrons. The largest absolute Gasteiger partial charge is 0.462 e. The number of allylic oxidation sites excluding steroid dienone is 1. The van der Waals surface area contributed by atoms with Gasteiger partial charge in [-0.3, -0.25) is 13.9 Å². The molecule has 0 radical (unpaired) electrons. The summed E-state index contributed by atoms with van der Waals surface area (Å²) in [6.07, 6.45) is 3.14. The van der Waals surface area contributed by atoms with Gasteiger partial charge in [-0.25, -0.2) is 19.7 Å². The number of carbonyl (C=O) groups excluding carboxylic acids is 1. The Hall–Kier alpha value is -4.33. The van der Waals surface area contributed by atoms with Crippen LogP contribution in [0.15, 0.2) is 72.3 Å². The molecule has 0 atom stereocenters. The van der Waals surface area contributed by atoms with E-state index >= 15 is 0 Å². The highest BCUT2D eigenvalue weighted by Gasteiger charge is 2.21. The molecule has 0 N–H and O–H groups in total. The maximum absolute atomic E-state index is 13.3. The van der Waals surface area contributed by atoms with Crippen molar-refractivity contribution < 1.29 is 9.53 Å². The fourth-order valence-electron chi connectivity index (χ4n) is 3.75. The number of hydrogen-bond acceptors (Lipinski definition) is 6.